The lowest BCUT2D eigenvalue weighted by molar-refractivity contribution is -0.137. The first kappa shape index (κ1) is 21.9. The fraction of sp³-hybridized carbons (Fsp3) is 0.476. The van der Waals surface area contributed by atoms with Crippen molar-refractivity contribution in [2.24, 2.45) is 0 Å². The molecule has 1 N–H and O–H groups in total. The van der Waals surface area contributed by atoms with E-state index in [9.17, 15) is 22.8 Å². The van der Waals surface area contributed by atoms with Gasteiger partial charge in [0.05, 0.1) is 23.4 Å². The third kappa shape index (κ3) is 4.83. The van der Waals surface area contributed by atoms with Crippen molar-refractivity contribution in [3.63, 3.8) is 0 Å². The van der Waals surface area contributed by atoms with Crippen molar-refractivity contribution < 1.29 is 22.8 Å². The maximum atomic E-state index is 13.0. The molecule has 0 unspecified atom stereocenters. The molecule has 2 aromatic rings. The minimum atomic E-state index is -4.44. The minimum absolute atomic E-state index is 0.0499. The number of hydrogen-bond acceptors (Lipinski definition) is 3. The second-order valence-corrected chi connectivity index (χ2v) is 7.64. The first-order valence-electron chi connectivity index (χ1n) is 9.84. The summed E-state index contributed by atoms with van der Waals surface area (Å²) in [4.78, 5) is 25.7. The summed E-state index contributed by atoms with van der Waals surface area (Å²) in [6, 6.07) is 5.06. The van der Waals surface area contributed by atoms with Gasteiger partial charge in [0, 0.05) is 37.3 Å². The molecule has 2 amide bonds. The number of nitrogens with zero attached hydrogens (tertiary/aromatic N) is 3. The van der Waals surface area contributed by atoms with Gasteiger partial charge in [-0.3, -0.25) is 9.59 Å². The number of alkyl halides is 3. The standard InChI is InChI=1S/C21H25F3N4O2/c1-13-19(12-20(30)27-9-7-17(8-10-27)25-15(3)29)14(2)28(26-13)18-6-4-5-16(11-18)21(22,23)24/h4-6,11,17H,7-10,12H2,1-3H3,(H,25,29). The van der Waals surface area contributed by atoms with E-state index in [1.807, 2.05) is 0 Å². The van der Waals surface area contributed by atoms with Crippen LogP contribution in [-0.4, -0.2) is 45.6 Å². The van der Waals surface area contributed by atoms with Crippen molar-refractivity contribution in [1.82, 2.24) is 20.0 Å². The SMILES string of the molecule is CC(=O)NC1CCN(C(=O)Cc2c(C)nn(-c3cccc(C(F)(F)F)c3)c2C)CC1. The van der Waals surface area contributed by atoms with E-state index in [4.69, 9.17) is 0 Å². The van der Waals surface area contributed by atoms with E-state index < -0.39 is 11.7 Å². The van der Waals surface area contributed by atoms with Gasteiger partial charge in [-0.15, -0.1) is 0 Å². The van der Waals surface area contributed by atoms with Gasteiger partial charge in [-0.1, -0.05) is 6.07 Å². The highest BCUT2D eigenvalue weighted by molar-refractivity contribution is 5.79. The first-order chi connectivity index (χ1) is 14.1. The van der Waals surface area contributed by atoms with Crippen molar-refractivity contribution in [3.8, 4) is 5.69 Å². The molecule has 1 fully saturated rings. The number of likely N-dealkylation sites (tertiary alicyclic amines) is 1. The van der Waals surface area contributed by atoms with E-state index in [1.54, 1.807) is 24.8 Å². The van der Waals surface area contributed by atoms with Crippen LogP contribution in [-0.2, 0) is 22.2 Å². The van der Waals surface area contributed by atoms with Crippen LogP contribution in [0.3, 0.4) is 0 Å². The molecule has 1 aromatic carbocycles. The Morgan fingerprint density at radius 1 is 1.20 bits per heavy atom. The number of rotatable bonds is 4. The summed E-state index contributed by atoms with van der Waals surface area (Å²) in [6.45, 7) is 6.10. The number of aromatic nitrogens is 2. The molecule has 0 atom stereocenters. The van der Waals surface area contributed by atoms with Gasteiger partial charge in [0.2, 0.25) is 11.8 Å². The fourth-order valence-electron chi connectivity index (χ4n) is 3.82. The number of carbonyl (C=O) groups is 2. The molecule has 1 aromatic heterocycles. The highest BCUT2D eigenvalue weighted by atomic mass is 19.4. The third-order valence-corrected chi connectivity index (χ3v) is 5.44. The number of amides is 2. The summed E-state index contributed by atoms with van der Waals surface area (Å²) in [5.74, 6) is -0.126. The number of piperidine rings is 1. The molecule has 162 valence electrons. The molecule has 0 aliphatic carbocycles. The minimum Gasteiger partial charge on any atom is -0.353 e. The molecule has 0 radical (unpaired) electrons. The molecular weight excluding hydrogens is 397 g/mol. The maximum Gasteiger partial charge on any atom is 0.416 e. The average Bonchev–Trinajstić information content (AvgIpc) is 2.96. The Morgan fingerprint density at radius 3 is 2.47 bits per heavy atom. The topological polar surface area (TPSA) is 67.2 Å². The van der Waals surface area contributed by atoms with E-state index in [0.29, 0.717) is 43.0 Å². The zero-order valence-electron chi connectivity index (χ0n) is 17.2. The van der Waals surface area contributed by atoms with Gasteiger partial charge in [0.25, 0.3) is 0 Å². The van der Waals surface area contributed by atoms with E-state index in [-0.39, 0.29) is 24.3 Å². The Kier molecular flexibility index (Phi) is 6.19. The molecule has 0 spiro atoms. The van der Waals surface area contributed by atoms with Gasteiger partial charge in [-0.2, -0.15) is 18.3 Å². The fourth-order valence-corrected chi connectivity index (χ4v) is 3.82. The van der Waals surface area contributed by atoms with Gasteiger partial charge < -0.3 is 10.2 Å². The summed E-state index contributed by atoms with van der Waals surface area (Å²) < 4.78 is 40.6. The van der Waals surface area contributed by atoms with Crippen LogP contribution in [0.4, 0.5) is 13.2 Å². The Labute approximate surface area is 173 Å². The lowest BCUT2D eigenvalue weighted by Crippen LogP contribution is -2.46. The Morgan fingerprint density at radius 2 is 1.87 bits per heavy atom. The van der Waals surface area contributed by atoms with Crippen molar-refractivity contribution >= 4 is 11.8 Å². The monoisotopic (exact) mass is 422 g/mol. The molecular formula is C21H25F3N4O2. The summed E-state index contributed by atoms with van der Waals surface area (Å²) in [6.07, 6.45) is -2.89. The molecule has 6 nitrogen and oxygen atoms in total. The summed E-state index contributed by atoms with van der Waals surface area (Å²) in [5.41, 5.74) is 1.55. The molecule has 0 bridgehead atoms. The van der Waals surface area contributed by atoms with Crippen LogP contribution < -0.4 is 5.32 Å². The van der Waals surface area contributed by atoms with E-state index in [0.717, 1.165) is 17.7 Å². The smallest absolute Gasteiger partial charge is 0.353 e. The van der Waals surface area contributed by atoms with Crippen LogP contribution in [0.5, 0.6) is 0 Å². The Bertz CT molecular complexity index is 944. The van der Waals surface area contributed by atoms with E-state index in [2.05, 4.69) is 10.4 Å². The number of benzene rings is 1. The van der Waals surface area contributed by atoms with Crippen molar-refractivity contribution in [3.05, 3.63) is 46.8 Å². The molecule has 9 heteroatoms. The third-order valence-electron chi connectivity index (χ3n) is 5.44. The lowest BCUT2D eigenvalue weighted by atomic mass is 10.0. The van der Waals surface area contributed by atoms with Crippen LogP contribution >= 0.6 is 0 Å². The van der Waals surface area contributed by atoms with Crippen molar-refractivity contribution in [2.45, 2.75) is 52.3 Å². The maximum absolute atomic E-state index is 13.0. The second kappa shape index (κ2) is 8.49. The van der Waals surface area contributed by atoms with Gasteiger partial charge in [-0.05, 0) is 44.9 Å². The molecule has 0 saturated carbocycles. The van der Waals surface area contributed by atoms with Crippen molar-refractivity contribution in [2.75, 3.05) is 13.1 Å². The molecule has 2 heterocycles. The number of aryl methyl sites for hydroxylation is 1. The first-order valence-corrected chi connectivity index (χ1v) is 9.84. The van der Waals surface area contributed by atoms with Crippen LogP contribution in [0, 0.1) is 13.8 Å². The van der Waals surface area contributed by atoms with Crippen LogP contribution in [0.15, 0.2) is 24.3 Å². The van der Waals surface area contributed by atoms with E-state index in [1.165, 1.54) is 17.7 Å². The summed E-state index contributed by atoms with van der Waals surface area (Å²) >= 11 is 0. The van der Waals surface area contributed by atoms with Gasteiger partial charge >= 0.3 is 6.18 Å². The van der Waals surface area contributed by atoms with Gasteiger partial charge in [0.1, 0.15) is 0 Å². The zero-order chi connectivity index (χ0) is 22.1. The number of nitrogens with one attached hydrogen (secondary N) is 1. The summed E-state index contributed by atoms with van der Waals surface area (Å²) in [7, 11) is 0. The normalized spacial score (nSPS) is 15.3. The highest BCUT2D eigenvalue weighted by Gasteiger charge is 2.31. The predicted molar refractivity (Wildman–Crippen MR) is 105 cm³/mol. The summed E-state index contributed by atoms with van der Waals surface area (Å²) in [5, 5.41) is 7.25. The number of carbonyl (C=O) groups excluding carboxylic acids is 2. The Balaban J connectivity index is 1.74. The molecule has 1 saturated heterocycles. The quantitative estimate of drug-likeness (QED) is 0.823. The number of hydrogen-bond donors (Lipinski definition) is 1. The largest absolute Gasteiger partial charge is 0.416 e. The molecule has 30 heavy (non-hydrogen) atoms. The van der Waals surface area contributed by atoms with E-state index >= 15 is 0 Å². The van der Waals surface area contributed by atoms with Gasteiger partial charge in [0.15, 0.2) is 0 Å². The zero-order valence-corrected chi connectivity index (χ0v) is 17.2. The average molecular weight is 422 g/mol. The van der Waals surface area contributed by atoms with Gasteiger partial charge in [-0.25, -0.2) is 4.68 Å². The van der Waals surface area contributed by atoms with Crippen LogP contribution in [0.25, 0.3) is 5.69 Å². The predicted octanol–water partition coefficient (Wildman–Crippen LogP) is 3.18. The Hall–Kier alpha value is -2.84. The highest BCUT2D eigenvalue weighted by Crippen LogP contribution is 2.31. The number of halogens is 3. The van der Waals surface area contributed by atoms with Crippen molar-refractivity contribution in [1.29, 1.82) is 0 Å². The second-order valence-electron chi connectivity index (χ2n) is 7.64. The van der Waals surface area contributed by atoms with Crippen LogP contribution in [0.1, 0.15) is 42.3 Å². The van der Waals surface area contributed by atoms with Crippen LogP contribution in [0.2, 0.25) is 0 Å². The molecule has 1 aliphatic rings. The lowest BCUT2D eigenvalue weighted by Gasteiger charge is -2.32. The molecule has 1 aliphatic heterocycles. The molecule has 3 rings (SSSR count).